The molecule has 0 atom stereocenters. The Hall–Kier alpha value is -3.99. The van der Waals surface area contributed by atoms with Crippen LogP contribution in [-0.2, 0) is 15.0 Å². The van der Waals surface area contributed by atoms with Crippen molar-refractivity contribution in [2.75, 3.05) is 19.0 Å². The Kier molecular flexibility index (Phi) is 5.73. The number of para-hydroxylation sites is 2. The zero-order valence-electron chi connectivity index (χ0n) is 17.2. The van der Waals surface area contributed by atoms with E-state index in [1.807, 2.05) is 30.3 Å². The number of ether oxygens (including phenoxy) is 1. The third kappa shape index (κ3) is 4.37. The summed E-state index contributed by atoms with van der Waals surface area (Å²) in [5.41, 5.74) is 1.64. The molecule has 10 nitrogen and oxygen atoms in total. The Bertz CT molecular complexity index is 1320. The molecule has 1 N–H and O–H groups in total. The van der Waals surface area contributed by atoms with E-state index >= 15 is 0 Å². The third-order valence-corrected chi connectivity index (χ3v) is 5.91. The van der Waals surface area contributed by atoms with E-state index in [1.165, 1.54) is 20.2 Å². The Morgan fingerprint density at radius 1 is 1.12 bits per heavy atom. The molecule has 0 saturated carbocycles. The number of methoxy groups -OCH3 is 1. The van der Waals surface area contributed by atoms with Gasteiger partial charge in [0.25, 0.3) is 5.89 Å². The topological polar surface area (TPSA) is 127 Å². The largest absolute Gasteiger partial charge is 0.495 e. The van der Waals surface area contributed by atoms with Gasteiger partial charge in [-0.3, -0.25) is 4.79 Å². The van der Waals surface area contributed by atoms with Crippen molar-refractivity contribution in [2.45, 2.75) is 6.92 Å². The van der Waals surface area contributed by atoms with Gasteiger partial charge in [0.1, 0.15) is 12.3 Å². The van der Waals surface area contributed by atoms with Crippen molar-refractivity contribution in [3.05, 3.63) is 66.7 Å². The van der Waals surface area contributed by atoms with Crippen molar-refractivity contribution in [3.63, 3.8) is 0 Å². The molecule has 2 aromatic carbocycles. The molecule has 4 rings (SSSR count). The van der Waals surface area contributed by atoms with Crippen LogP contribution in [-0.4, -0.2) is 48.1 Å². The summed E-state index contributed by atoms with van der Waals surface area (Å²) in [5.74, 6) is 0.323. The lowest BCUT2D eigenvalue weighted by molar-refractivity contribution is -0.116. The van der Waals surface area contributed by atoms with Gasteiger partial charge in [0.15, 0.2) is 0 Å². The van der Waals surface area contributed by atoms with Crippen LogP contribution in [0.15, 0.2) is 69.7 Å². The molecule has 1 amide bonds. The monoisotopic (exact) mass is 453 g/mol. The van der Waals surface area contributed by atoms with Crippen LogP contribution in [0.4, 0.5) is 5.69 Å². The van der Waals surface area contributed by atoms with Crippen LogP contribution in [0.2, 0.25) is 0 Å². The molecular weight excluding hydrogens is 434 g/mol. The summed E-state index contributed by atoms with van der Waals surface area (Å²) in [7, 11) is -2.63. The second-order valence-electron chi connectivity index (χ2n) is 6.78. The number of aromatic nitrogens is 2. The maximum absolute atomic E-state index is 12.5. The first-order valence-electron chi connectivity index (χ1n) is 9.50. The highest BCUT2D eigenvalue weighted by Gasteiger charge is 2.30. The van der Waals surface area contributed by atoms with Gasteiger partial charge in [-0.25, -0.2) is 4.31 Å². The number of hydrogen-bond donors (Lipinski definition) is 1. The van der Waals surface area contributed by atoms with Gasteiger partial charge in [0.05, 0.1) is 24.1 Å². The predicted molar refractivity (Wildman–Crippen MR) is 118 cm³/mol. The Balaban J connectivity index is 1.58. The fourth-order valence-electron chi connectivity index (χ4n) is 3.03. The summed E-state index contributed by atoms with van der Waals surface area (Å²) >= 11 is 0. The molecule has 0 fully saturated rings. The normalized spacial score (nSPS) is 15.0. The number of allylic oxidation sites excluding steroid dienone is 1. The number of hydrogen-bond acceptors (Lipinski definition) is 7. The van der Waals surface area contributed by atoms with Gasteiger partial charge in [0.2, 0.25) is 11.7 Å². The summed E-state index contributed by atoms with van der Waals surface area (Å²) in [6.07, 6.45) is 1.27. The molecule has 0 spiro atoms. The molecule has 0 saturated heterocycles. The first kappa shape index (κ1) is 21.2. The van der Waals surface area contributed by atoms with Gasteiger partial charge in [-0.15, -0.1) is 4.40 Å². The molecule has 1 aliphatic heterocycles. The molecule has 1 aliphatic rings. The van der Waals surface area contributed by atoms with Gasteiger partial charge < -0.3 is 14.6 Å². The first-order chi connectivity index (χ1) is 15.4. The van der Waals surface area contributed by atoms with Gasteiger partial charge in [-0.2, -0.15) is 13.4 Å². The predicted octanol–water partition coefficient (Wildman–Crippen LogP) is 2.75. The van der Waals surface area contributed by atoms with E-state index in [9.17, 15) is 13.2 Å². The lowest BCUT2D eigenvalue weighted by Gasteiger charge is -2.22. The van der Waals surface area contributed by atoms with Crippen molar-refractivity contribution in [1.29, 1.82) is 0 Å². The molecular formula is C21H19N5O5S. The Labute approximate surface area is 184 Å². The molecule has 32 heavy (non-hydrogen) atoms. The highest BCUT2D eigenvalue weighted by atomic mass is 32.2. The Morgan fingerprint density at radius 2 is 1.84 bits per heavy atom. The molecule has 164 valence electrons. The van der Waals surface area contributed by atoms with Crippen LogP contribution in [0.1, 0.15) is 12.8 Å². The van der Waals surface area contributed by atoms with Crippen molar-refractivity contribution in [3.8, 4) is 17.1 Å². The average molecular weight is 453 g/mol. The number of nitrogens with zero attached hydrogens (tertiary/aromatic N) is 4. The summed E-state index contributed by atoms with van der Waals surface area (Å²) in [4.78, 5) is 16.9. The van der Waals surface area contributed by atoms with Crippen LogP contribution in [0.25, 0.3) is 17.0 Å². The SMILES string of the molecule is COc1ccccc1NC(=O)CN1C=C(c2nc(-c3ccccc3)no2)C(C)=NS1(=O)=O. The molecule has 0 unspecified atom stereocenters. The summed E-state index contributed by atoms with van der Waals surface area (Å²) in [6, 6.07) is 16.0. The van der Waals surface area contributed by atoms with E-state index in [0.717, 1.165) is 9.87 Å². The maximum atomic E-state index is 12.5. The minimum absolute atomic E-state index is 0.0927. The zero-order valence-corrected chi connectivity index (χ0v) is 18.0. The molecule has 0 bridgehead atoms. The van der Waals surface area contributed by atoms with E-state index in [2.05, 4.69) is 19.9 Å². The second-order valence-corrected chi connectivity index (χ2v) is 8.33. The lowest BCUT2D eigenvalue weighted by atomic mass is 10.2. The average Bonchev–Trinajstić information content (AvgIpc) is 3.26. The maximum Gasteiger partial charge on any atom is 0.344 e. The van der Waals surface area contributed by atoms with E-state index in [0.29, 0.717) is 22.8 Å². The standard InChI is InChI=1S/C21H19N5O5S/c1-14-16(21-23-20(24-31-21)15-8-4-3-5-9-15)12-26(32(28,29)25-14)13-19(27)22-17-10-6-7-11-18(17)30-2/h3-12H,13H2,1-2H3,(H,22,27). The van der Waals surface area contributed by atoms with Crippen molar-refractivity contribution in [2.24, 2.45) is 4.40 Å². The van der Waals surface area contributed by atoms with Gasteiger partial charge in [0, 0.05) is 11.8 Å². The smallest absolute Gasteiger partial charge is 0.344 e. The number of rotatable bonds is 6. The van der Waals surface area contributed by atoms with E-state index in [1.54, 1.807) is 24.3 Å². The number of amides is 1. The highest BCUT2D eigenvalue weighted by Crippen LogP contribution is 2.26. The quantitative estimate of drug-likeness (QED) is 0.608. The van der Waals surface area contributed by atoms with Crippen LogP contribution in [0, 0.1) is 0 Å². The number of carbonyl (C=O) groups excluding carboxylic acids is 1. The van der Waals surface area contributed by atoms with Crippen LogP contribution in [0.3, 0.4) is 0 Å². The molecule has 2 heterocycles. The van der Waals surface area contributed by atoms with E-state index in [-0.39, 0.29) is 11.6 Å². The number of nitrogens with one attached hydrogen (secondary N) is 1. The third-order valence-electron chi connectivity index (χ3n) is 4.58. The number of benzene rings is 2. The van der Waals surface area contributed by atoms with E-state index in [4.69, 9.17) is 9.26 Å². The fourth-order valence-corrected chi connectivity index (χ4v) is 4.10. The van der Waals surface area contributed by atoms with Crippen molar-refractivity contribution >= 4 is 33.1 Å². The minimum atomic E-state index is -4.10. The number of anilines is 1. The molecule has 11 heteroatoms. The van der Waals surface area contributed by atoms with E-state index < -0.39 is 22.7 Å². The molecule has 3 aromatic rings. The summed E-state index contributed by atoms with van der Waals surface area (Å²) < 4.78 is 40.2. The van der Waals surface area contributed by atoms with Crippen LogP contribution < -0.4 is 10.1 Å². The summed E-state index contributed by atoms with van der Waals surface area (Å²) in [5, 5.41) is 6.59. The highest BCUT2D eigenvalue weighted by molar-refractivity contribution is 7.88. The first-order valence-corrected chi connectivity index (χ1v) is 10.9. The second kappa shape index (κ2) is 8.63. The molecule has 0 aliphatic carbocycles. The van der Waals surface area contributed by atoms with Crippen molar-refractivity contribution in [1.82, 2.24) is 14.4 Å². The van der Waals surface area contributed by atoms with Gasteiger partial charge in [-0.1, -0.05) is 47.6 Å². The van der Waals surface area contributed by atoms with Gasteiger partial charge in [-0.05, 0) is 19.1 Å². The number of carbonyl (C=O) groups is 1. The fraction of sp³-hybridized carbons (Fsp3) is 0.143. The van der Waals surface area contributed by atoms with Crippen molar-refractivity contribution < 1.29 is 22.5 Å². The van der Waals surface area contributed by atoms with Gasteiger partial charge >= 0.3 is 10.2 Å². The molecule has 1 aromatic heterocycles. The lowest BCUT2D eigenvalue weighted by Crippen LogP contribution is -2.36. The summed E-state index contributed by atoms with van der Waals surface area (Å²) in [6.45, 7) is 1.02. The zero-order chi connectivity index (χ0) is 22.7. The molecule has 0 radical (unpaired) electrons. The van der Waals surface area contributed by atoms with Crippen LogP contribution >= 0.6 is 0 Å². The van der Waals surface area contributed by atoms with Crippen LogP contribution in [0.5, 0.6) is 5.75 Å². The Morgan fingerprint density at radius 3 is 2.59 bits per heavy atom. The minimum Gasteiger partial charge on any atom is -0.495 e.